The van der Waals surface area contributed by atoms with E-state index in [1.807, 2.05) is 0 Å². The van der Waals surface area contributed by atoms with Crippen molar-refractivity contribution >= 4 is 36.7 Å². The minimum Gasteiger partial charge on any atom is -0.744 e. The number of nitroso groups, excluding NO2 is 1. The van der Waals surface area contributed by atoms with E-state index in [0.29, 0.717) is 6.07 Å². The topological polar surface area (TPSA) is 164 Å². The summed E-state index contributed by atoms with van der Waals surface area (Å²) in [5.41, 5.74) is -0.771. The van der Waals surface area contributed by atoms with Gasteiger partial charge in [-0.2, -0.15) is 0 Å². The molecular weight excluding hydrogens is 372 g/mol. The van der Waals surface area contributed by atoms with Gasteiger partial charge in [0.05, 0.1) is 9.79 Å². The Bertz CT molecular complexity index is 972. The predicted molar refractivity (Wildman–Crippen MR) is 67.0 cm³/mol. The van der Waals surface area contributed by atoms with Crippen LogP contribution in [0.2, 0.25) is 0 Å². The van der Waals surface area contributed by atoms with Crippen molar-refractivity contribution in [2.24, 2.45) is 5.18 Å². The molecule has 2 aromatic carbocycles. The minimum atomic E-state index is -5.08. The molecule has 0 heterocycles. The molecule has 0 saturated carbocycles. The molecule has 0 amide bonds. The summed E-state index contributed by atoms with van der Waals surface area (Å²) >= 11 is 0. The van der Waals surface area contributed by atoms with Crippen LogP contribution in [0.3, 0.4) is 0 Å². The third kappa shape index (κ3) is 4.72. The Morgan fingerprint density at radius 2 is 1.48 bits per heavy atom. The molecule has 23 heavy (non-hydrogen) atoms. The van der Waals surface area contributed by atoms with Crippen LogP contribution in [0.5, 0.6) is 5.75 Å². The molecule has 13 heteroatoms. The molecule has 0 saturated heterocycles. The fourth-order valence-corrected chi connectivity index (χ4v) is 2.92. The standard InChI is InChI=1S/C10H7NO8S2.2Na/c12-8-4-9(21(17,18)19)10(11-13)6-2-1-5(3-7(6)8)20(14,15)16;;/h1-4,12H,(H,14,15,16)(H,17,18,19);;/q;2*+1/p-2. The summed E-state index contributed by atoms with van der Waals surface area (Å²) in [6.07, 6.45) is 0. The fourth-order valence-electron chi connectivity index (χ4n) is 1.79. The van der Waals surface area contributed by atoms with Gasteiger partial charge in [-0.1, -0.05) is 6.07 Å². The van der Waals surface area contributed by atoms with Gasteiger partial charge in [0.2, 0.25) is 0 Å². The van der Waals surface area contributed by atoms with Crippen LogP contribution in [0.15, 0.2) is 39.2 Å². The van der Waals surface area contributed by atoms with Crippen LogP contribution in [-0.2, 0) is 20.2 Å². The van der Waals surface area contributed by atoms with E-state index in [9.17, 15) is 36.0 Å². The van der Waals surface area contributed by atoms with Gasteiger partial charge in [-0.3, -0.25) is 0 Å². The van der Waals surface area contributed by atoms with Crippen molar-refractivity contribution in [3.63, 3.8) is 0 Å². The zero-order valence-electron chi connectivity index (χ0n) is 11.9. The first kappa shape index (κ1) is 22.9. The number of aromatic hydroxyl groups is 1. The van der Waals surface area contributed by atoms with Gasteiger partial charge in [0, 0.05) is 16.8 Å². The largest absolute Gasteiger partial charge is 1.00 e. The summed E-state index contributed by atoms with van der Waals surface area (Å²) in [6, 6.07) is 2.94. The zero-order chi connectivity index (χ0) is 16.0. The van der Waals surface area contributed by atoms with Crippen molar-refractivity contribution < 1.29 is 90.2 Å². The van der Waals surface area contributed by atoms with E-state index in [1.54, 1.807) is 0 Å². The van der Waals surface area contributed by atoms with Gasteiger partial charge in [0.15, 0.2) is 0 Å². The van der Waals surface area contributed by atoms with Crippen molar-refractivity contribution in [2.45, 2.75) is 9.79 Å². The van der Waals surface area contributed by atoms with Gasteiger partial charge in [-0.05, 0) is 17.3 Å². The smallest absolute Gasteiger partial charge is 0.744 e. The second-order valence-corrected chi connectivity index (χ2v) is 6.68. The molecule has 0 atom stereocenters. The van der Waals surface area contributed by atoms with E-state index < -0.39 is 41.5 Å². The van der Waals surface area contributed by atoms with Crippen LogP contribution in [0.1, 0.15) is 0 Å². The van der Waals surface area contributed by atoms with E-state index in [4.69, 9.17) is 0 Å². The van der Waals surface area contributed by atoms with Crippen molar-refractivity contribution in [1.82, 2.24) is 0 Å². The maximum Gasteiger partial charge on any atom is 1.00 e. The number of phenols is 1. The van der Waals surface area contributed by atoms with Crippen molar-refractivity contribution in [3.8, 4) is 5.75 Å². The average Bonchev–Trinajstić information content (AvgIpc) is 2.36. The van der Waals surface area contributed by atoms with Crippen LogP contribution in [0.25, 0.3) is 10.8 Å². The quantitative estimate of drug-likeness (QED) is 0.315. The molecule has 0 aromatic heterocycles. The van der Waals surface area contributed by atoms with E-state index in [1.165, 1.54) is 0 Å². The average molecular weight is 377 g/mol. The molecule has 2 aromatic rings. The van der Waals surface area contributed by atoms with Crippen LogP contribution in [0, 0.1) is 4.91 Å². The molecule has 2 rings (SSSR count). The molecule has 9 nitrogen and oxygen atoms in total. The molecule has 0 aliphatic heterocycles. The maximum atomic E-state index is 11.0. The number of rotatable bonds is 3. The molecular formula is C10H5NNa2O8S2. The minimum absolute atomic E-state index is 0. The Morgan fingerprint density at radius 1 is 0.913 bits per heavy atom. The van der Waals surface area contributed by atoms with E-state index in [2.05, 4.69) is 5.18 Å². The third-order valence-corrected chi connectivity index (χ3v) is 4.35. The van der Waals surface area contributed by atoms with Gasteiger partial charge < -0.3 is 14.2 Å². The number of fused-ring (bicyclic) bond motifs is 1. The van der Waals surface area contributed by atoms with Gasteiger partial charge in [0.1, 0.15) is 31.7 Å². The van der Waals surface area contributed by atoms with Gasteiger partial charge in [-0.25, -0.2) is 16.8 Å². The second kappa shape index (κ2) is 7.87. The summed E-state index contributed by atoms with van der Waals surface area (Å²) in [6.45, 7) is 0. The number of phenolic OH excluding ortho intramolecular Hbond substituents is 1. The van der Waals surface area contributed by atoms with Gasteiger partial charge >= 0.3 is 59.1 Å². The molecule has 0 spiro atoms. The first-order valence-electron chi connectivity index (χ1n) is 5.10. The summed E-state index contributed by atoms with van der Waals surface area (Å²) in [4.78, 5) is 9.03. The molecule has 0 radical (unpaired) electrons. The van der Waals surface area contributed by atoms with E-state index in [0.717, 1.165) is 18.2 Å². The molecule has 0 fully saturated rings. The summed E-state index contributed by atoms with van der Waals surface area (Å²) in [7, 11) is -9.90. The van der Waals surface area contributed by atoms with Gasteiger partial charge in [-0.15, -0.1) is 4.91 Å². The van der Waals surface area contributed by atoms with E-state index in [-0.39, 0.29) is 69.9 Å². The number of hydrogen-bond acceptors (Lipinski definition) is 9. The van der Waals surface area contributed by atoms with Crippen molar-refractivity contribution in [3.05, 3.63) is 29.2 Å². The van der Waals surface area contributed by atoms with Crippen LogP contribution >= 0.6 is 0 Å². The van der Waals surface area contributed by atoms with Crippen LogP contribution in [0.4, 0.5) is 5.69 Å². The Labute approximate surface area is 175 Å². The first-order valence-corrected chi connectivity index (χ1v) is 7.92. The second-order valence-electron chi connectivity index (χ2n) is 3.95. The van der Waals surface area contributed by atoms with Crippen molar-refractivity contribution in [2.75, 3.05) is 0 Å². The predicted octanol–water partition coefficient (Wildman–Crippen LogP) is -5.24. The fraction of sp³-hybridized carbons (Fsp3) is 0. The number of benzene rings is 2. The molecule has 112 valence electrons. The molecule has 0 aliphatic rings. The normalized spacial score (nSPS) is 11.4. The summed E-state index contributed by atoms with van der Waals surface area (Å²) in [5, 5.41) is 11.5. The first-order chi connectivity index (χ1) is 9.55. The molecule has 0 aliphatic carbocycles. The summed E-state index contributed by atoms with van der Waals surface area (Å²) < 4.78 is 65.8. The third-order valence-electron chi connectivity index (χ3n) is 2.67. The Kier molecular flexibility index (Phi) is 7.84. The SMILES string of the molecule is O=Nc1c(S(=O)(=O)[O-])cc(O)c2cc(S(=O)(=O)[O-])ccc12.[Na+].[Na+]. The van der Waals surface area contributed by atoms with Crippen LogP contribution < -0.4 is 59.1 Å². The van der Waals surface area contributed by atoms with Gasteiger partial charge in [0.25, 0.3) is 0 Å². The van der Waals surface area contributed by atoms with Crippen molar-refractivity contribution in [1.29, 1.82) is 0 Å². The van der Waals surface area contributed by atoms with Crippen LogP contribution in [-0.4, -0.2) is 31.0 Å². The Hall–Kier alpha value is -0.0800. The zero-order valence-corrected chi connectivity index (χ0v) is 17.5. The number of nitrogens with zero attached hydrogens (tertiary/aromatic N) is 1. The molecule has 0 bridgehead atoms. The maximum absolute atomic E-state index is 11.0. The van der Waals surface area contributed by atoms with E-state index >= 15 is 0 Å². The molecule has 1 N–H and O–H groups in total. The summed E-state index contributed by atoms with van der Waals surface area (Å²) in [5.74, 6) is -0.780. The number of hydrogen-bond donors (Lipinski definition) is 1. The molecule has 0 unspecified atom stereocenters. The Balaban J connectivity index is 0.00000242. The Morgan fingerprint density at radius 3 is 1.91 bits per heavy atom. The monoisotopic (exact) mass is 377 g/mol.